The summed E-state index contributed by atoms with van der Waals surface area (Å²) in [7, 11) is 2.18. The second-order valence-electron chi connectivity index (χ2n) is 4.27. The number of carbonyl (C=O) groups excluding carboxylic acids is 1. The van der Waals surface area contributed by atoms with Gasteiger partial charge in [-0.05, 0) is 58.7 Å². The van der Waals surface area contributed by atoms with E-state index >= 15 is 0 Å². The Kier molecular flexibility index (Phi) is 9.21. The first-order valence-electron chi connectivity index (χ1n) is 5.76. The van der Waals surface area contributed by atoms with E-state index in [-0.39, 0.29) is 0 Å². The molecule has 0 saturated carbocycles. The van der Waals surface area contributed by atoms with E-state index in [1.165, 1.54) is 12.2 Å². The van der Waals surface area contributed by atoms with Crippen molar-refractivity contribution in [3.8, 4) is 0 Å². The lowest BCUT2D eigenvalue weighted by Crippen LogP contribution is -2.30. The summed E-state index contributed by atoms with van der Waals surface area (Å²) >= 11 is 1.91. The van der Waals surface area contributed by atoms with Crippen molar-refractivity contribution in [2.75, 3.05) is 25.6 Å². The molecule has 3 heteroatoms. The van der Waals surface area contributed by atoms with Gasteiger partial charge < -0.3 is 9.69 Å². The molecule has 90 valence electrons. The predicted octanol–water partition coefficient (Wildman–Crippen LogP) is 2.82. The summed E-state index contributed by atoms with van der Waals surface area (Å²) in [6, 6.07) is 0.662. The second kappa shape index (κ2) is 9.22. The summed E-state index contributed by atoms with van der Waals surface area (Å²) in [5.41, 5.74) is 0. The average Bonchev–Trinajstić information content (AvgIpc) is 2.20. The lowest BCUT2D eigenvalue weighted by molar-refractivity contribution is -0.117. The molecule has 0 bridgehead atoms. The van der Waals surface area contributed by atoms with Gasteiger partial charge in [0.15, 0.2) is 0 Å². The standard InChI is InChI=1S/C12H25NOS/c1-11(8-10-15-4)13(3)9-6-5-7-12(2)14/h11H,5-10H2,1-4H3. The molecule has 0 radical (unpaired) electrons. The molecule has 0 saturated heterocycles. The van der Waals surface area contributed by atoms with E-state index in [2.05, 4.69) is 25.1 Å². The molecule has 0 amide bonds. The van der Waals surface area contributed by atoms with E-state index in [9.17, 15) is 4.79 Å². The molecule has 0 rings (SSSR count). The molecule has 0 N–H and O–H groups in total. The van der Waals surface area contributed by atoms with Crippen LogP contribution in [-0.2, 0) is 4.79 Å². The highest BCUT2D eigenvalue weighted by Gasteiger charge is 2.07. The molecule has 0 aromatic heterocycles. The number of ketones is 1. The van der Waals surface area contributed by atoms with Crippen LogP contribution in [0.5, 0.6) is 0 Å². The molecule has 0 aromatic carbocycles. The average molecular weight is 231 g/mol. The van der Waals surface area contributed by atoms with E-state index in [1.807, 2.05) is 11.8 Å². The molecule has 0 heterocycles. The van der Waals surface area contributed by atoms with Crippen LogP contribution in [-0.4, -0.2) is 42.3 Å². The molecule has 1 atom stereocenters. The molecule has 0 aromatic rings. The van der Waals surface area contributed by atoms with Gasteiger partial charge in [-0.1, -0.05) is 0 Å². The third-order valence-electron chi connectivity index (χ3n) is 2.78. The number of hydrogen-bond acceptors (Lipinski definition) is 3. The minimum absolute atomic E-state index is 0.313. The second-order valence-corrected chi connectivity index (χ2v) is 5.26. The molecular formula is C12H25NOS. The Morgan fingerprint density at radius 3 is 2.60 bits per heavy atom. The monoisotopic (exact) mass is 231 g/mol. The van der Waals surface area contributed by atoms with Crippen LogP contribution in [0.4, 0.5) is 0 Å². The lowest BCUT2D eigenvalue weighted by Gasteiger charge is -2.24. The van der Waals surface area contributed by atoms with Gasteiger partial charge in [-0.25, -0.2) is 0 Å². The summed E-state index contributed by atoms with van der Waals surface area (Å²) in [4.78, 5) is 13.1. The van der Waals surface area contributed by atoms with Crippen LogP contribution < -0.4 is 0 Å². The lowest BCUT2D eigenvalue weighted by atomic mass is 10.1. The van der Waals surface area contributed by atoms with E-state index in [4.69, 9.17) is 0 Å². The molecule has 2 nitrogen and oxygen atoms in total. The molecule has 15 heavy (non-hydrogen) atoms. The Balaban J connectivity index is 3.46. The Hall–Kier alpha value is -0.0200. The smallest absolute Gasteiger partial charge is 0.129 e. The maximum atomic E-state index is 10.7. The largest absolute Gasteiger partial charge is 0.304 e. The Morgan fingerprint density at radius 2 is 2.07 bits per heavy atom. The molecule has 1 unspecified atom stereocenters. The minimum Gasteiger partial charge on any atom is -0.304 e. The Labute approximate surface area is 98.8 Å². The fraction of sp³-hybridized carbons (Fsp3) is 0.917. The van der Waals surface area contributed by atoms with Gasteiger partial charge in [-0.15, -0.1) is 0 Å². The van der Waals surface area contributed by atoms with Crippen molar-refractivity contribution in [3.63, 3.8) is 0 Å². The molecule has 0 aliphatic rings. The minimum atomic E-state index is 0.313. The highest BCUT2D eigenvalue weighted by Crippen LogP contribution is 2.07. The first-order valence-corrected chi connectivity index (χ1v) is 7.16. The van der Waals surface area contributed by atoms with Crippen molar-refractivity contribution in [1.29, 1.82) is 0 Å². The van der Waals surface area contributed by atoms with Crippen molar-refractivity contribution in [2.45, 2.75) is 45.6 Å². The number of rotatable bonds is 9. The third-order valence-corrected chi connectivity index (χ3v) is 3.43. The maximum absolute atomic E-state index is 10.7. The van der Waals surface area contributed by atoms with Crippen molar-refractivity contribution in [1.82, 2.24) is 4.90 Å². The Bertz CT molecular complexity index is 173. The number of carbonyl (C=O) groups is 1. The molecular weight excluding hydrogens is 206 g/mol. The van der Waals surface area contributed by atoms with Crippen LogP contribution in [0.15, 0.2) is 0 Å². The van der Waals surface area contributed by atoms with Gasteiger partial charge in [0.05, 0.1) is 0 Å². The highest BCUT2D eigenvalue weighted by atomic mass is 32.2. The summed E-state index contributed by atoms with van der Waals surface area (Å²) in [5.74, 6) is 1.55. The number of nitrogens with zero attached hydrogens (tertiary/aromatic N) is 1. The number of thioether (sulfide) groups is 1. The SMILES string of the molecule is CSCCC(C)N(C)CCCCC(C)=O. The van der Waals surface area contributed by atoms with E-state index in [0.717, 1.165) is 25.8 Å². The van der Waals surface area contributed by atoms with Gasteiger partial charge in [0.25, 0.3) is 0 Å². The zero-order valence-corrected chi connectivity index (χ0v) is 11.4. The van der Waals surface area contributed by atoms with Crippen molar-refractivity contribution in [3.05, 3.63) is 0 Å². The van der Waals surface area contributed by atoms with Crippen LogP contribution in [0.3, 0.4) is 0 Å². The van der Waals surface area contributed by atoms with Gasteiger partial charge in [-0.2, -0.15) is 11.8 Å². The molecule has 0 aliphatic carbocycles. The first-order chi connectivity index (χ1) is 7.07. The van der Waals surface area contributed by atoms with Gasteiger partial charge in [0, 0.05) is 12.5 Å². The quantitative estimate of drug-likeness (QED) is 0.569. The van der Waals surface area contributed by atoms with E-state index < -0.39 is 0 Å². The van der Waals surface area contributed by atoms with Gasteiger partial charge in [0.2, 0.25) is 0 Å². The summed E-state index contributed by atoms with van der Waals surface area (Å²) < 4.78 is 0. The van der Waals surface area contributed by atoms with Crippen LogP contribution in [0.1, 0.15) is 39.5 Å². The molecule has 0 fully saturated rings. The number of hydrogen-bond donors (Lipinski definition) is 0. The van der Waals surface area contributed by atoms with Gasteiger partial charge >= 0.3 is 0 Å². The van der Waals surface area contributed by atoms with Crippen LogP contribution in [0.25, 0.3) is 0 Å². The number of unbranched alkanes of at least 4 members (excludes halogenated alkanes) is 1. The summed E-state index contributed by atoms with van der Waals surface area (Å²) in [6.45, 7) is 5.06. The molecule has 0 spiro atoms. The zero-order chi connectivity index (χ0) is 11.7. The fourth-order valence-electron chi connectivity index (χ4n) is 1.46. The van der Waals surface area contributed by atoms with Crippen LogP contribution >= 0.6 is 11.8 Å². The van der Waals surface area contributed by atoms with E-state index in [1.54, 1.807) is 6.92 Å². The summed E-state index contributed by atoms with van der Waals surface area (Å²) in [5, 5.41) is 0. The fourth-order valence-corrected chi connectivity index (χ4v) is 2.04. The van der Waals surface area contributed by atoms with Crippen molar-refractivity contribution >= 4 is 17.5 Å². The zero-order valence-electron chi connectivity index (χ0n) is 10.6. The maximum Gasteiger partial charge on any atom is 0.129 e. The third kappa shape index (κ3) is 8.94. The predicted molar refractivity (Wildman–Crippen MR) is 69.6 cm³/mol. The summed E-state index contributed by atoms with van der Waals surface area (Å²) in [6.07, 6.45) is 6.32. The van der Waals surface area contributed by atoms with Crippen LogP contribution in [0.2, 0.25) is 0 Å². The molecule has 0 aliphatic heterocycles. The Morgan fingerprint density at radius 1 is 1.40 bits per heavy atom. The first kappa shape index (κ1) is 15.0. The van der Waals surface area contributed by atoms with Crippen LogP contribution in [0, 0.1) is 0 Å². The van der Waals surface area contributed by atoms with Gasteiger partial charge in [0.1, 0.15) is 5.78 Å². The van der Waals surface area contributed by atoms with Gasteiger partial charge in [-0.3, -0.25) is 0 Å². The topological polar surface area (TPSA) is 20.3 Å². The normalized spacial score (nSPS) is 13.1. The highest BCUT2D eigenvalue weighted by molar-refractivity contribution is 7.98. The number of Topliss-reactive ketones (excluding diaryl/α,β-unsaturated/α-hetero) is 1. The van der Waals surface area contributed by atoms with E-state index in [0.29, 0.717) is 11.8 Å². The van der Waals surface area contributed by atoms with Crippen molar-refractivity contribution < 1.29 is 4.79 Å². The van der Waals surface area contributed by atoms with Crippen molar-refractivity contribution in [2.24, 2.45) is 0 Å².